The standard InChI is InChI=1S/C17H21FN4O2/c1-11-16(9-13-3-5-15(19)6-4-13)12(2)22(21-11)10-14(18)7-8-24-17(20)23/h3-7H,8-10,19H2,1-2H3,(H2,20,23). The van der Waals surface area contributed by atoms with Gasteiger partial charge in [-0.1, -0.05) is 12.1 Å². The number of aryl methyl sites for hydroxylation is 1. The van der Waals surface area contributed by atoms with E-state index < -0.39 is 11.9 Å². The molecule has 24 heavy (non-hydrogen) atoms. The van der Waals surface area contributed by atoms with Crippen molar-refractivity contribution in [3.8, 4) is 0 Å². The van der Waals surface area contributed by atoms with Gasteiger partial charge in [0, 0.05) is 23.4 Å². The molecule has 0 saturated heterocycles. The molecule has 1 amide bonds. The highest BCUT2D eigenvalue weighted by molar-refractivity contribution is 5.64. The molecule has 0 bridgehead atoms. The maximum Gasteiger partial charge on any atom is 0.404 e. The van der Waals surface area contributed by atoms with Crippen molar-refractivity contribution in [2.45, 2.75) is 26.8 Å². The fraction of sp³-hybridized carbons (Fsp3) is 0.294. The van der Waals surface area contributed by atoms with Crippen LogP contribution in [0.2, 0.25) is 0 Å². The van der Waals surface area contributed by atoms with Crippen LogP contribution < -0.4 is 11.5 Å². The highest BCUT2D eigenvalue weighted by Crippen LogP contribution is 2.19. The number of primary amides is 1. The first-order valence-electron chi connectivity index (χ1n) is 7.51. The second-order valence-corrected chi connectivity index (χ2v) is 5.51. The van der Waals surface area contributed by atoms with Crippen LogP contribution in [0.5, 0.6) is 0 Å². The topological polar surface area (TPSA) is 96.2 Å². The summed E-state index contributed by atoms with van der Waals surface area (Å²) < 4.78 is 20.0. The second kappa shape index (κ2) is 7.63. The van der Waals surface area contributed by atoms with Gasteiger partial charge in [0.05, 0.1) is 12.2 Å². The van der Waals surface area contributed by atoms with Crippen molar-refractivity contribution in [2.24, 2.45) is 5.73 Å². The van der Waals surface area contributed by atoms with E-state index in [-0.39, 0.29) is 13.2 Å². The number of hydrogen-bond donors (Lipinski definition) is 2. The largest absolute Gasteiger partial charge is 0.445 e. The molecule has 0 saturated carbocycles. The minimum atomic E-state index is -0.934. The fourth-order valence-electron chi connectivity index (χ4n) is 2.41. The van der Waals surface area contributed by atoms with E-state index in [4.69, 9.17) is 11.5 Å². The number of aromatic nitrogens is 2. The number of amides is 1. The van der Waals surface area contributed by atoms with Gasteiger partial charge in [-0.25, -0.2) is 9.18 Å². The quantitative estimate of drug-likeness (QED) is 0.795. The Morgan fingerprint density at radius 1 is 1.33 bits per heavy atom. The van der Waals surface area contributed by atoms with Crippen molar-refractivity contribution in [3.05, 3.63) is 58.7 Å². The molecule has 0 aliphatic rings. The summed E-state index contributed by atoms with van der Waals surface area (Å²) in [5.74, 6) is -0.444. The molecule has 7 heteroatoms. The van der Waals surface area contributed by atoms with Gasteiger partial charge in [0.2, 0.25) is 0 Å². The normalized spacial score (nSPS) is 11.5. The molecule has 0 spiro atoms. The maximum atomic E-state index is 13.9. The van der Waals surface area contributed by atoms with E-state index in [1.807, 2.05) is 38.1 Å². The van der Waals surface area contributed by atoms with Gasteiger partial charge in [-0.2, -0.15) is 5.10 Å². The Balaban J connectivity index is 2.10. The molecule has 0 aliphatic carbocycles. The number of rotatable bonds is 6. The van der Waals surface area contributed by atoms with Gasteiger partial charge in [-0.15, -0.1) is 0 Å². The number of nitrogens with zero attached hydrogens (tertiary/aromatic N) is 2. The summed E-state index contributed by atoms with van der Waals surface area (Å²) in [6.07, 6.45) is 0.936. The van der Waals surface area contributed by atoms with Crippen LogP contribution in [0.4, 0.5) is 14.9 Å². The molecule has 0 atom stereocenters. The minimum Gasteiger partial charge on any atom is -0.445 e. The van der Waals surface area contributed by atoms with Crippen LogP contribution in [-0.2, 0) is 17.7 Å². The summed E-state index contributed by atoms with van der Waals surface area (Å²) in [6.45, 7) is 3.59. The monoisotopic (exact) mass is 332 g/mol. The molecule has 1 aromatic heterocycles. The first-order chi connectivity index (χ1) is 11.4. The number of allylic oxidation sites excluding steroid dienone is 1. The highest BCUT2D eigenvalue weighted by atomic mass is 19.1. The van der Waals surface area contributed by atoms with Gasteiger partial charge < -0.3 is 16.2 Å². The third-order valence-electron chi connectivity index (χ3n) is 3.72. The van der Waals surface area contributed by atoms with Crippen molar-refractivity contribution < 1.29 is 13.9 Å². The predicted molar refractivity (Wildman–Crippen MR) is 90.1 cm³/mol. The molecule has 1 heterocycles. The number of nitrogens with two attached hydrogens (primary N) is 2. The summed E-state index contributed by atoms with van der Waals surface area (Å²) in [4.78, 5) is 10.5. The highest BCUT2D eigenvalue weighted by Gasteiger charge is 2.13. The molecule has 0 radical (unpaired) electrons. The van der Waals surface area contributed by atoms with Crippen LogP contribution in [0.1, 0.15) is 22.5 Å². The van der Waals surface area contributed by atoms with Crippen LogP contribution in [0.25, 0.3) is 0 Å². The number of anilines is 1. The lowest BCUT2D eigenvalue weighted by Crippen LogP contribution is -2.13. The van der Waals surface area contributed by atoms with E-state index in [9.17, 15) is 9.18 Å². The van der Waals surface area contributed by atoms with Crippen LogP contribution in [-0.4, -0.2) is 22.5 Å². The van der Waals surface area contributed by atoms with E-state index >= 15 is 0 Å². The van der Waals surface area contributed by atoms with Gasteiger partial charge in [-0.05, 0) is 37.6 Å². The number of nitrogen functional groups attached to an aromatic ring is 1. The molecule has 2 rings (SSSR count). The summed E-state index contributed by atoms with van der Waals surface area (Å²) in [6, 6.07) is 7.64. The summed E-state index contributed by atoms with van der Waals surface area (Å²) >= 11 is 0. The Labute approximate surface area is 139 Å². The van der Waals surface area contributed by atoms with E-state index in [1.165, 1.54) is 6.08 Å². The number of hydrogen-bond acceptors (Lipinski definition) is 4. The van der Waals surface area contributed by atoms with Crippen LogP contribution in [0.15, 0.2) is 36.2 Å². The number of halogens is 1. The third-order valence-corrected chi connectivity index (χ3v) is 3.72. The SMILES string of the molecule is Cc1nn(CC(F)=CCOC(N)=O)c(C)c1Cc1ccc(N)cc1. The number of carbonyl (C=O) groups is 1. The molecular formula is C17H21FN4O2. The molecule has 2 aromatic rings. The van der Waals surface area contributed by atoms with E-state index in [0.29, 0.717) is 12.1 Å². The lowest BCUT2D eigenvalue weighted by Gasteiger charge is -2.05. The van der Waals surface area contributed by atoms with Crippen molar-refractivity contribution in [3.63, 3.8) is 0 Å². The Hall–Kier alpha value is -2.83. The molecular weight excluding hydrogens is 311 g/mol. The summed E-state index contributed by atoms with van der Waals surface area (Å²) in [7, 11) is 0. The number of benzene rings is 1. The van der Waals surface area contributed by atoms with Gasteiger partial charge in [0.15, 0.2) is 0 Å². The number of ether oxygens (including phenoxy) is 1. The van der Waals surface area contributed by atoms with Crippen LogP contribution in [0.3, 0.4) is 0 Å². The van der Waals surface area contributed by atoms with Gasteiger partial charge >= 0.3 is 6.09 Å². The molecule has 1 aromatic carbocycles. The van der Waals surface area contributed by atoms with Gasteiger partial charge in [0.1, 0.15) is 12.4 Å². The minimum absolute atomic E-state index is 0.0173. The predicted octanol–water partition coefficient (Wildman–Crippen LogP) is 2.62. The third kappa shape index (κ3) is 4.58. The van der Waals surface area contributed by atoms with E-state index in [2.05, 4.69) is 9.84 Å². The second-order valence-electron chi connectivity index (χ2n) is 5.51. The van der Waals surface area contributed by atoms with Crippen molar-refractivity contribution in [1.82, 2.24) is 9.78 Å². The molecule has 6 nitrogen and oxygen atoms in total. The lowest BCUT2D eigenvalue weighted by molar-refractivity contribution is 0.168. The van der Waals surface area contributed by atoms with Crippen LogP contribution >= 0.6 is 0 Å². The van der Waals surface area contributed by atoms with Gasteiger partial charge in [-0.3, -0.25) is 4.68 Å². The average Bonchev–Trinajstić information content (AvgIpc) is 2.76. The lowest BCUT2D eigenvalue weighted by atomic mass is 10.0. The molecule has 4 N–H and O–H groups in total. The smallest absolute Gasteiger partial charge is 0.404 e. The first-order valence-corrected chi connectivity index (χ1v) is 7.51. The van der Waals surface area contributed by atoms with Crippen LogP contribution in [0, 0.1) is 13.8 Å². The van der Waals surface area contributed by atoms with Crippen molar-refractivity contribution in [2.75, 3.05) is 12.3 Å². The van der Waals surface area contributed by atoms with E-state index in [0.717, 1.165) is 22.5 Å². The van der Waals surface area contributed by atoms with Crippen molar-refractivity contribution >= 4 is 11.8 Å². The fourth-order valence-corrected chi connectivity index (χ4v) is 2.41. The maximum absolute atomic E-state index is 13.9. The Morgan fingerprint density at radius 3 is 2.62 bits per heavy atom. The van der Waals surface area contributed by atoms with E-state index in [1.54, 1.807) is 4.68 Å². The Kier molecular flexibility index (Phi) is 5.57. The molecule has 0 unspecified atom stereocenters. The average molecular weight is 332 g/mol. The summed E-state index contributed by atoms with van der Waals surface area (Å²) in [5, 5.41) is 4.39. The Bertz CT molecular complexity index is 751. The molecule has 0 fully saturated rings. The zero-order chi connectivity index (χ0) is 17.7. The molecule has 0 aliphatic heterocycles. The summed E-state index contributed by atoms with van der Waals surface area (Å²) in [5.41, 5.74) is 15.1. The number of carbonyl (C=O) groups excluding carboxylic acids is 1. The Morgan fingerprint density at radius 2 is 2.00 bits per heavy atom. The molecule has 128 valence electrons. The van der Waals surface area contributed by atoms with Gasteiger partial charge in [0.25, 0.3) is 0 Å². The zero-order valence-electron chi connectivity index (χ0n) is 13.8. The zero-order valence-corrected chi connectivity index (χ0v) is 13.8. The van der Waals surface area contributed by atoms with Crippen molar-refractivity contribution in [1.29, 1.82) is 0 Å². The first kappa shape index (κ1) is 17.5.